The zero-order chi connectivity index (χ0) is 7.66. The minimum absolute atomic E-state index is 0. The fourth-order valence-corrected chi connectivity index (χ4v) is 0.358. The van der Waals surface area contributed by atoms with E-state index in [0.29, 0.717) is 13.1 Å². The molecule has 5 heteroatoms. The van der Waals surface area contributed by atoms with Gasteiger partial charge in [0.15, 0.2) is 0 Å². The molecule has 0 aliphatic carbocycles. The molecular formula is C6H15LiN4. The average molecular weight is 150 g/mol. The van der Waals surface area contributed by atoms with Gasteiger partial charge in [-0.05, 0) is 0 Å². The Morgan fingerprint density at radius 1 is 0.909 bits per heavy atom. The molecule has 0 rings (SSSR count). The van der Waals surface area contributed by atoms with Crippen LogP contribution in [0.1, 0.15) is 0 Å². The van der Waals surface area contributed by atoms with Crippen LogP contribution in [0.25, 0.3) is 0 Å². The Kier molecular flexibility index (Phi) is 14.9. The molecule has 0 bridgehead atoms. The molecule has 4 nitrogen and oxygen atoms in total. The van der Waals surface area contributed by atoms with Crippen molar-refractivity contribution in [2.45, 2.75) is 0 Å². The van der Waals surface area contributed by atoms with Crippen molar-refractivity contribution in [3.63, 3.8) is 0 Å². The van der Waals surface area contributed by atoms with Crippen LogP contribution < -0.4 is 22.1 Å². The van der Waals surface area contributed by atoms with Crippen LogP contribution in [-0.4, -0.2) is 45.0 Å². The standard InChI is InChI=1S/C6H14N4.Li.H/c7-1-3-9-5-6-10-4-2-8;;/h9-10H,1-4,7-8H2;;. The fraction of sp³-hybridized carbons (Fsp3) is 0.667. The molecule has 0 spiro atoms. The molecule has 0 aliphatic rings. The van der Waals surface area contributed by atoms with Gasteiger partial charge in [-0.1, -0.05) is 0 Å². The zero-order valence-corrected chi connectivity index (χ0v) is 5.98. The normalized spacial score (nSPS) is 7.09. The first-order valence-electron chi connectivity index (χ1n) is 3.27. The molecule has 0 aromatic heterocycles. The first-order chi connectivity index (χ1) is 4.91. The summed E-state index contributed by atoms with van der Waals surface area (Å²) in [7, 11) is 0. The van der Waals surface area contributed by atoms with Gasteiger partial charge in [0.05, 0.1) is 0 Å². The Bertz CT molecular complexity index is 105. The minimum atomic E-state index is 0. The summed E-state index contributed by atoms with van der Waals surface area (Å²) in [5.41, 5.74) is 10.4. The summed E-state index contributed by atoms with van der Waals surface area (Å²) in [4.78, 5) is 0. The van der Waals surface area contributed by atoms with E-state index in [1.807, 2.05) is 0 Å². The summed E-state index contributed by atoms with van der Waals surface area (Å²) in [6.07, 6.45) is 0. The van der Waals surface area contributed by atoms with Gasteiger partial charge in [-0.2, -0.15) is 0 Å². The monoisotopic (exact) mass is 150 g/mol. The SMILES string of the molecule is NCCNC#CNCCN.[LiH]. The number of nitrogens with two attached hydrogens (primary N) is 2. The molecule has 6 N–H and O–H groups in total. The summed E-state index contributed by atoms with van der Waals surface area (Å²) < 4.78 is 0. The van der Waals surface area contributed by atoms with Crippen molar-refractivity contribution in [3.8, 4) is 12.1 Å². The molecule has 0 aromatic carbocycles. The fourth-order valence-electron chi connectivity index (χ4n) is 0.358. The summed E-state index contributed by atoms with van der Waals surface area (Å²) >= 11 is 0. The van der Waals surface area contributed by atoms with E-state index >= 15 is 0 Å². The molecule has 11 heavy (non-hydrogen) atoms. The van der Waals surface area contributed by atoms with E-state index in [-0.39, 0.29) is 18.9 Å². The number of hydrogen-bond acceptors (Lipinski definition) is 4. The molecule has 0 atom stereocenters. The predicted octanol–water partition coefficient (Wildman–Crippen LogP) is -2.65. The predicted molar refractivity (Wildman–Crippen MR) is 49.0 cm³/mol. The maximum atomic E-state index is 5.20. The summed E-state index contributed by atoms with van der Waals surface area (Å²) in [6, 6.07) is 5.35. The molecule has 0 fully saturated rings. The molecule has 0 saturated carbocycles. The third-order valence-electron chi connectivity index (χ3n) is 0.778. The van der Waals surface area contributed by atoms with Gasteiger partial charge in [0, 0.05) is 38.3 Å². The molecule has 0 saturated heterocycles. The van der Waals surface area contributed by atoms with E-state index in [1.54, 1.807) is 0 Å². The van der Waals surface area contributed by atoms with Crippen molar-refractivity contribution in [2.24, 2.45) is 11.5 Å². The molecule has 0 radical (unpaired) electrons. The van der Waals surface area contributed by atoms with Crippen LogP contribution in [0, 0.1) is 12.1 Å². The van der Waals surface area contributed by atoms with E-state index in [9.17, 15) is 0 Å². The van der Waals surface area contributed by atoms with Crippen molar-refractivity contribution < 1.29 is 0 Å². The zero-order valence-electron chi connectivity index (χ0n) is 5.98. The van der Waals surface area contributed by atoms with E-state index in [4.69, 9.17) is 11.5 Å². The summed E-state index contributed by atoms with van der Waals surface area (Å²) in [6.45, 7) is 2.64. The number of nitrogens with one attached hydrogen (secondary N) is 2. The van der Waals surface area contributed by atoms with Crippen LogP contribution in [-0.2, 0) is 0 Å². The van der Waals surface area contributed by atoms with Crippen LogP contribution in [0.5, 0.6) is 0 Å². The van der Waals surface area contributed by atoms with E-state index < -0.39 is 0 Å². The molecule has 0 heterocycles. The van der Waals surface area contributed by atoms with Gasteiger partial charge in [0.2, 0.25) is 0 Å². The van der Waals surface area contributed by atoms with Gasteiger partial charge >= 0.3 is 18.9 Å². The second kappa shape index (κ2) is 12.4. The first-order valence-corrected chi connectivity index (χ1v) is 3.27. The molecule has 0 unspecified atom stereocenters. The Balaban J connectivity index is 0. The number of rotatable bonds is 4. The molecular weight excluding hydrogens is 135 g/mol. The van der Waals surface area contributed by atoms with Gasteiger partial charge in [0.1, 0.15) is 0 Å². The molecule has 0 aliphatic heterocycles. The van der Waals surface area contributed by atoms with Gasteiger partial charge in [-0.3, -0.25) is 0 Å². The topological polar surface area (TPSA) is 76.1 Å². The second-order valence-electron chi connectivity index (χ2n) is 1.68. The van der Waals surface area contributed by atoms with Gasteiger partial charge in [-0.25, -0.2) is 0 Å². The molecule has 0 amide bonds. The van der Waals surface area contributed by atoms with Crippen molar-refractivity contribution >= 4 is 18.9 Å². The Morgan fingerprint density at radius 3 is 1.55 bits per heavy atom. The van der Waals surface area contributed by atoms with E-state index in [1.165, 1.54) is 0 Å². The van der Waals surface area contributed by atoms with Crippen molar-refractivity contribution in [2.75, 3.05) is 26.2 Å². The van der Waals surface area contributed by atoms with Crippen LogP contribution >= 0.6 is 0 Å². The van der Waals surface area contributed by atoms with Crippen molar-refractivity contribution in [1.82, 2.24) is 10.6 Å². The van der Waals surface area contributed by atoms with Crippen LogP contribution in [0.4, 0.5) is 0 Å². The third kappa shape index (κ3) is 12.8. The Labute approximate surface area is 79.6 Å². The van der Waals surface area contributed by atoms with Gasteiger partial charge in [-0.15, -0.1) is 0 Å². The van der Waals surface area contributed by atoms with Crippen LogP contribution in [0.2, 0.25) is 0 Å². The summed E-state index contributed by atoms with van der Waals surface area (Å²) in [5, 5.41) is 5.61. The Morgan fingerprint density at radius 2 is 1.27 bits per heavy atom. The quantitative estimate of drug-likeness (QED) is 0.153. The van der Waals surface area contributed by atoms with E-state index in [2.05, 4.69) is 22.7 Å². The van der Waals surface area contributed by atoms with Gasteiger partial charge < -0.3 is 22.1 Å². The van der Waals surface area contributed by atoms with E-state index in [0.717, 1.165) is 13.1 Å². The maximum absolute atomic E-state index is 5.20. The molecule has 60 valence electrons. The first kappa shape index (κ1) is 13.3. The summed E-state index contributed by atoms with van der Waals surface area (Å²) in [5.74, 6) is 0. The average Bonchev–Trinajstić information content (AvgIpc) is 1.97. The van der Waals surface area contributed by atoms with Crippen molar-refractivity contribution in [1.29, 1.82) is 0 Å². The third-order valence-corrected chi connectivity index (χ3v) is 0.778. The Hall–Kier alpha value is -0.323. The van der Waals surface area contributed by atoms with Crippen LogP contribution in [0.3, 0.4) is 0 Å². The van der Waals surface area contributed by atoms with Crippen LogP contribution in [0.15, 0.2) is 0 Å². The van der Waals surface area contributed by atoms with Gasteiger partial charge in [0.25, 0.3) is 0 Å². The number of hydrogen-bond donors (Lipinski definition) is 4. The molecule has 0 aromatic rings. The second-order valence-corrected chi connectivity index (χ2v) is 1.68. The van der Waals surface area contributed by atoms with Crippen molar-refractivity contribution in [3.05, 3.63) is 0 Å².